The van der Waals surface area contributed by atoms with Crippen molar-refractivity contribution in [2.24, 2.45) is 0 Å². The lowest BCUT2D eigenvalue weighted by Gasteiger charge is -2.30. The predicted molar refractivity (Wildman–Crippen MR) is 76.4 cm³/mol. The SMILES string of the molecule is CCCc1cn([C@@H]2O[C@H](COP(=O)([O-])[O-])[C@@H](O)[C@H]2O)c(=O)nc1N. The molecule has 1 fully saturated rings. The van der Waals surface area contributed by atoms with Gasteiger partial charge in [-0.2, -0.15) is 4.98 Å². The van der Waals surface area contributed by atoms with E-state index in [2.05, 4.69) is 9.51 Å². The third-order valence-corrected chi connectivity index (χ3v) is 4.05. The van der Waals surface area contributed by atoms with Crippen molar-refractivity contribution >= 4 is 13.6 Å². The number of nitrogens with two attached hydrogens (primary N) is 1. The normalized spacial score (nSPS) is 27.5. The van der Waals surface area contributed by atoms with Crippen LogP contribution in [0, 0.1) is 0 Å². The summed E-state index contributed by atoms with van der Waals surface area (Å²) in [4.78, 5) is 36.6. The molecule has 136 valence electrons. The van der Waals surface area contributed by atoms with E-state index < -0.39 is 44.7 Å². The summed E-state index contributed by atoms with van der Waals surface area (Å²) in [6.45, 7) is 1.12. The van der Waals surface area contributed by atoms with Crippen molar-refractivity contribution in [3.05, 3.63) is 22.2 Å². The van der Waals surface area contributed by atoms with Crippen LogP contribution >= 0.6 is 7.82 Å². The first kappa shape index (κ1) is 19.0. The van der Waals surface area contributed by atoms with Crippen LogP contribution in [0.15, 0.2) is 11.0 Å². The molecule has 0 spiro atoms. The van der Waals surface area contributed by atoms with E-state index >= 15 is 0 Å². The molecule has 0 aliphatic carbocycles. The van der Waals surface area contributed by atoms with Gasteiger partial charge in [-0.1, -0.05) is 13.3 Å². The number of phosphoric ester groups is 1. The van der Waals surface area contributed by atoms with Gasteiger partial charge in [-0.05, 0) is 6.42 Å². The summed E-state index contributed by atoms with van der Waals surface area (Å²) in [6, 6.07) is 0. The smallest absolute Gasteiger partial charge is 0.351 e. The summed E-state index contributed by atoms with van der Waals surface area (Å²) in [7, 11) is -5.26. The fourth-order valence-corrected chi connectivity index (χ4v) is 2.76. The number of hydrogen-bond donors (Lipinski definition) is 3. The van der Waals surface area contributed by atoms with Crippen molar-refractivity contribution in [1.82, 2.24) is 9.55 Å². The second kappa shape index (κ2) is 7.28. The molecule has 4 atom stereocenters. The number of ether oxygens (including phenoxy) is 1. The molecule has 1 saturated heterocycles. The van der Waals surface area contributed by atoms with Crippen LogP contribution in [0.1, 0.15) is 25.1 Å². The Morgan fingerprint density at radius 2 is 2.12 bits per heavy atom. The molecule has 1 aromatic rings. The number of nitrogen functional groups attached to an aromatic ring is 1. The zero-order chi connectivity index (χ0) is 18.1. The summed E-state index contributed by atoms with van der Waals surface area (Å²) in [5.74, 6) is 0.0599. The molecule has 1 aliphatic rings. The first-order valence-corrected chi connectivity index (χ1v) is 8.65. The molecule has 11 nitrogen and oxygen atoms in total. The average molecular weight is 363 g/mol. The molecule has 4 N–H and O–H groups in total. The summed E-state index contributed by atoms with van der Waals surface area (Å²) < 4.78 is 20.8. The van der Waals surface area contributed by atoms with E-state index in [1.54, 1.807) is 0 Å². The van der Waals surface area contributed by atoms with Crippen molar-refractivity contribution in [3.8, 4) is 0 Å². The topological polar surface area (TPSA) is 183 Å². The Morgan fingerprint density at radius 3 is 2.71 bits per heavy atom. The number of aromatic nitrogens is 2. The first-order valence-electron chi connectivity index (χ1n) is 7.19. The number of anilines is 1. The Kier molecular flexibility index (Phi) is 5.76. The maximum Gasteiger partial charge on any atom is 0.351 e. The van der Waals surface area contributed by atoms with Crippen LogP contribution in [-0.4, -0.2) is 44.7 Å². The lowest BCUT2D eigenvalue weighted by atomic mass is 10.1. The number of aliphatic hydroxyl groups excluding tert-OH is 2. The van der Waals surface area contributed by atoms with Crippen LogP contribution in [0.5, 0.6) is 0 Å². The number of aliphatic hydroxyl groups is 2. The van der Waals surface area contributed by atoms with Gasteiger partial charge in [0.25, 0.3) is 0 Å². The third kappa shape index (κ3) is 4.19. The molecule has 12 heteroatoms. The minimum absolute atomic E-state index is 0.0599. The van der Waals surface area contributed by atoms with Crippen LogP contribution < -0.4 is 21.2 Å². The monoisotopic (exact) mass is 363 g/mol. The van der Waals surface area contributed by atoms with Gasteiger partial charge in [0.1, 0.15) is 24.1 Å². The molecule has 1 aromatic heterocycles. The van der Waals surface area contributed by atoms with Gasteiger partial charge in [-0.3, -0.25) is 4.57 Å². The van der Waals surface area contributed by atoms with Crippen molar-refractivity contribution in [2.75, 3.05) is 12.3 Å². The van der Waals surface area contributed by atoms with Gasteiger partial charge in [0.05, 0.1) is 14.4 Å². The molecule has 1 aliphatic heterocycles. The van der Waals surface area contributed by atoms with Crippen molar-refractivity contribution in [1.29, 1.82) is 0 Å². The van der Waals surface area contributed by atoms with E-state index in [0.717, 1.165) is 11.0 Å². The minimum Gasteiger partial charge on any atom is -0.790 e. The number of aryl methyl sites for hydroxylation is 1. The van der Waals surface area contributed by atoms with E-state index in [-0.39, 0.29) is 5.82 Å². The van der Waals surface area contributed by atoms with Gasteiger partial charge in [-0.15, -0.1) is 0 Å². The Morgan fingerprint density at radius 1 is 1.46 bits per heavy atom. The highest BCUT2D eigenvalue weighted by atomic mass is 31.2. The molecular weight excluding hydrogens is 345 g/mol. The highest BCUT2D eigenvalue weighted by Crippen LogP contribution is 2.32. The number of hydrogen-bond acceptors (Lipinski definition) is 10. The molecule has 0 saturated carbocycles. The van der Waals surface area contributed by atoms with Crippen LogP contribution in [0.4, 0.5) is 5.82 Å². The van der Waals surface area contributed by atoms with Gasteiger partial charge in [0.15, 0.2) is 6.23 Å². The Labute approximate surface area is 136 Å². The van der Waals surface area contributed by atoms with E-state index in [9.17, 15) is 29.4 Å². The molecule has 2 rings (SSSR count). The molecule has 0 aromatic carbocycles. The van der Waals surface area contributed by atoms with E-state index in [0.29, 0.717) is 12.0 Å². The zero-order valence-electron chi connectivity index (χ0n) is 12.8. The van der Waals surface area contributed by atoms with Crippen LogP contribution in [-0.2, 0) is 20.2 Å². The predicted octanol–water partition coefficient (Wildman–Crippen LogP) is -2.76. The van der Waals surface area contributed by atoms with Crippen LogP contribution in [0.25, 0.3) is 0 Å². The fourth-order valence-electron chi connectivity index (χ4n) is 2.43. The Balaban J connectivity index is 2.24. The lowest BCUT2D eigenvalue weighted by Crippen LogP contribution is -2.36. The Hall–Kier alpha value is -1.33. The van der Waals surface area contributed by atoms with Crippen molar-refractivity contribution < 1.29 is 33.8 Å². The zero-order valence-corrected chi connectivity index (χ0v) is 13.7. The van der Waals surface area contributed by atoms with E-state index in [1.807, 2.05) is 6.92 Å². The third-order valence-electron chi connectivity index (χ3n) is 3.59. The maximum absolute atomic E-state index is 12.0. The standard InChI is InChI=1S/C12H20N3O8P/c1-2-3-6-4-15(12(18)14-10(6)13)11-9(17)8(16)7(23-11)5-22-24(19,20)21/h4,7-9,11,16-17H,2-3,5H2,1H3,(H2,13,14,18)(H2,19,20,21)/p-2/t7-,8-,9-,11-/m1/s1. The summed E-state index contributed by atoms with van der Waals surface area (Å²) >= 11 is 0. The van der Waals surface area contributed by atoms with Crippen molar-refractivity contribution in [2.45, 2.75) is 44.3 Å². The summed E-state index contributed by atoms with van der Waals surface area (Å²) in [5.41, 5.74) is 5.42. The minimum atomic E-state index is -5.26. The van der Waals surface area contributed by atoms with Gasteiger partial charge < -0.3 is 39.6 Å². The quantitative estimate of drug-likeness (QED) is 0.447. The van der Waals surface area contributed by atoms with Gasteiger partial charge in [0, 0.05) is 11.8 Å². The molecule has 0 unspecified atom stereocenters. The molecule has 0 radical (unpaired) electrons. The lowest BCUT2D eigenvalue weighted by molar-refractivity contribution is -0.343. The van der Waals surface area contributed by atoms with Gasteiger partial charge >= 0.3 is 5.69 Å². The molecular formula is C12H18N3O8P-2. The molecule has 0 bridgehead atoms. The Bertz CT molecular complexity index is 689. The van der Waals surface area contributed by atoms with Gasteiger partial charge in [-0.25, -0.2) is 4.79 Å². The molecule has 24 heavy (non-hydrogen) atoms. The van der Waals surface area contributed by atoms with Gasteiger partial charge in [0.2, 0.25) is 0 Å². The number of rotatable bonds is 6. The maximum atomic E-state index is 12.0. The second-order valence-corrected chi connectivity index (χ2v) is 6.53. The molecule has 0 amide bonds. The summed E-state index contributed by atoms with van der Waals surface area (Å²) in [5, 5.41) is 19.9. The van der Waals surface area contributed by atoms with E-state index in [1.165, 1.54) is 6.20 Å². The van der Waals surface area contributed by atoms with Crippen LogP contribution in [0.2, 0.25) is 0 Å². The number of nitrogens with zero attached hydrogens (tertiary/aromatic N) is 2. The fraction of sp³-hybridized carbons (Fsp3) is 0.667. The largest absolute Gasteiger partial charge is 0.790 e. The highest BCUT2D eigenvalue weighted by Gasteiger charge is 2.44. The highest BCUT2D eigenvalue weighted by molar-refractivity contribution is 7.43. The second-order valence-electron chi connectivity index (χ2n) is 5.38. The first-order chi connectivity index (χ1) is 11.1. The van der Waals surface area contributed by atoms with Crippen molar-refractivity contribution in [3.63, 3.8) is 0 Å². The van der Waals surface area contributed by atoms with E-state index in [4.69, 9.17) is 10.5 Å². The summed E-state index contributed by atoms with van der Waals surface area (Å²) in [6.07, 6.45) is -3.09. The number of phosphoric acid groups is 1. The molecule has 2 heterocycles. The van der Waals surface area contributed by atoms with Crippen LogP contribution in [0.3, 0.4) is 0 Å². The average Bonchev–Trinajstić information content (AvgIpc) is 2.75.